The zero-order valence-corrected chi connectivity index (χ0v) is 12.0. The van der Waals surface area contributed by atoms with Gasteiger partial charge in [0.05, 0.1) is 13.1 Å². The van der Waals surface area contributed by atoms with Crippen molar-refractivity contribution in [2.75, 3.05) is 7.05 Å². The van der Waals surface area contributed by atoms with Gasteiger partial charge in [0.15, 0.2) is 0 Å². The summed E-state index contributed by atoms with van der Waals surface area (Å²) in [6.07, 6.45) is 2.62. The Hall–Kier alpha value is -1.76. The third-order valence-corrected chi connectivity index (χ3v) is 2.93. The van der Waals surface area contributed by atoms with Crippen molar-refractivity contribution in [3.05, 3.63) is 23.8 Å². The number of nitrogens with one attached hydrogen (secondary N) is 1. The molecule has 0 amide bonds. The minimum Gasteiger partial charge on any atom is -0.314 e. The highest BCUT2D eigenvalue weighted by Gasteiger charge is 2.11. The Morgan fingerprint density at radius 2 is 2.16 bits per heavy atom. The molecule has 0 radical (unpaired) electrons. The Balaban J connectivity index is 1.97. The molecule has 0 aliphatic rings. The van der Waals surface area contributed by atoms with Crippen LogP contribution in [0.25, 0.3) is 0 Å². The van der Waals surface area contributed by atoms with E-state index in [0.717, 1.165) is 37.0 Å². The first kappa shape index (κ1) is 13.7. The Morgan fingerprint density at radius 1 is 1.37 bits per heavy atom. The number of hydrogen-bond donors (Lipinski definition) is 1. The van der Waals surface area contributed by atoms with E-state index in [9.17, 15) is 0 Å². The molecule has 0 saturated carbocycles. The van der Waals surface area contributed by atoms with Crippen LogP contribution in [0.3, 0.4) is 0 Å². The quantitative estimate of drug-likeness (QED) is 0.846. The van der Waals surface area contributed by atoms with Gasteiger partial charge < -0.3 is 4.57 Å². The molecule has 19 heavy (non-hydrogen) atoms. The van der Waals surface area contributed by atoms with Gasteiger partial charge in [-0.3, -0.25) is 10.00 Å². The first-order valence-electron chi connectivity index (χ1n) is 6.57. The minimum atomic E-state index is 0.371. The number of hydrogen-bond acceptors (Lipinski definition) is 5. The first-order chi connectivity index (χ1) is 9.10. The second-order valence-corrected chi connectivity index (χ2v) is 4.97. The third kappa shape index (κ3) is 3.37. The summed E-state index contributed by atoms with van der Waals surface area (Å²) in [7, 11) is 2.04. The van der Waals surface area contributed by atoms with Crippen LogP contribution in [0.2, 0.25) is 0 Å². The van der Waals surface area contributed by atoms with E-state index in [1.165, 1.54) is 0 Å². The van der Waals surface area contributed by atoms with E-state index >= 15 is 0 Å². The molecule has 0 aliphatic carbocycles. The molecule has 104 valence electrons. The SMILES string of the molecule is CCc1n[nH]c(CN(C)Cc2nncn2C(C)C)n1. The third-order valence-electron chi connectivity index (χ3n) is 2.93. The molecule has 0 atom stereocenters. The lowest BCUT2D eigenvalue weighted by Crippen LogP contribution is -2.21. The largest absolute Gasteiger partial charge is 0.314 e. The van der Waals surface area contributed by atoms with Gasteiger partial charge in [0.2, 0.25) is 0 Å². The molecule has 0 aromatic carbocycles. The normalized spacial score (nSPS) is 11.7. The number of aryl methyl sites for hydroxylation is 1. The van der Waals surface area contributed by atoms with Gasteiger partial charge >= 0.3 is 0 Å². The van der Waals surface area contributed by atoms with Crippen molar-refractivity contribution in [2.24, 2.45) is 0 Å². The predicted octanol–water partition coefficient (Wildman–Crippen LogP) is 1.17. The van der Waals surface area contributed by atoms with Crippen LogP contribution in [0.5, 0.6) is 0 Å². The minimum absolute atomic E-state index is 0.371. The molecule has 2 aromatic heterocycles. The Bertz CT molecular complexity index is 514. The zero-order chi connectivity index (χ0) is 13.8. The first-order valence-corrected chi connectivity index (χ1v) is 6.57. The summed E-state index contributed by atoms with van der Waals surface area (Å²) >= 11 is 0. The van der Waals surface area contributed by atoms with E-state index in [1.54, 1.807) is 6.33 Å². The molecule has 0 saturated heterocycles. The summed E-state index contributed by atoms with van der Waals surface area (Å²) in [4.78, 5) is 6.55. The van der Waals surface area contributed by atoms with Crippen molar-refractivity contribution < 1.29 is 0 Å². The molecule has 7 nitrogen and oxygen atoms in total. The van der Waals surface area contributed by atoms with Crippen molar-refractivity contribution in [1.29, 1.82) is 0 Å². The summed E-state index contributed by atoms with van der Waals surface area (Å²) in [6.45, 7) is 7.74. The molecule has 2 aromatic rings. The fourth-order valence-corrected chi connectivity index (χ4v) is 1.93. The highest BCUT2D eigenvalue weighted by molar-refractivity contribution is 4.92. The average molecular weight is 263 g/mol. The summed E-state index contributed by atoms with van der Waals surface area (Å²) in [6, 6.07) is 0.371. The topological polar surface area (TPSA) is 75.5 Å². The number of aromatic nitrogens is 6. The van der Waals surface area contributed by atoms with Crippen molar-refractivity contribution in [1.82, 2.24) is 34.8 Å². The number of H-pyrrole nitrogens is 1. The van der Waals surface area contributed by atoms with Crippen LogP contribution < -0.4 is 0 Å². The van der Waals surface area contributed by atoms with Gasteiger partial charge in [0.25, 0.3) is 0 Å². The van der Waals surface area contributed by atoms with E-state index in [4.69, 9.17) is 0 Å². The second-order valence-electron chi connectivity index (χ2n) is 4.97. The maximum atomic E-state index is 4.40. The lowest BCUT2D eigenvalue weighted by atomic mass is 10.3. The van der Waals surface area contributed by atoms with Crippen LogP contribution in [-0.4, -0.2) is 41.9 Å². The lowest BCUT2D eigenvalue weighted by molar-refractivity contribution is 0.295. The molecule has 0 spiro atoms. The van der Waals surface area contributed by atoms with Crippen LogP contribution >= 0.6 is 0 Å². The molecule has 0 aliphatic heterocycles. The number of nitrogens with zero attached hydrogens (tertiary/aromatic N) is 6. The van der Waals surface area contributed by atoms with E-state index in [0.29, 0.717) is 6.04 Å². The lowest BCUT2D eigenvalue weighted by Gasteiger charge is -2.16. The standard InChI is InChI=1S/C12H21N7/c1-5-10-14-11(16-15-10)6-18(4)7-12-17-13-8-19(12)9(2)3/h8-9H,5-7H2,1-4H3,(H,14,15,16). The molecule has 0 fully saturated rings. The fraction of sp³-hybridized carbons (Fsp3) is 0.667. The van der Waals surface area contributed by atoms with Gasteiger partial charge in [0.1, 0.15) is 23.8 Å². The van der Waals surface area contributed by atoms with Gasteiger partial charge in [0, 0.05) is 12.5 Å². The van der Waals surface area contributed by atoms with E-state index in [1.807, 2.05) is 14.0 Å². The zero-order valence-electron chi connectivity index (χ0n) is 12.0. The van der Waals surface area contributed by atoms with Crippen LogP contribution in [0.4, 0.5) is 0 Å². The predicted molar refractivity (Wildman–Crippen MR) is 71.3 cm³/mol. The fourth-order valence-electron chi connectivity index (χ4n) is 1.93. The number of rotatable bonds is 6. The van der Waals surface area contributed by atoms with Gasteiger partial charge in [-0.2, -0.15) is 5.10 Å². The average Bonchev–Trinajstić information content (AvgIpc) is 2.97. The second kappa shape index (κ2) is 5.92. The highest BCUT2D eigenvalue weighted by atomic mass is 15.3. The van der Waals surface area contributed by atoms with Crippen molar-refractivity contribution in [2.45, 2.75) is 46.3 Å². The molecular formula is C12H21N7. The maximum Gasteiger partial charge on any atom is 0.150 e. The van der Waals surface area contributed by atoms with E-state index in [-0.39, 0.29) is 0 Å². The van der Waals surface area contributed by atoms with Crippen LogP contribution in [-0.2, 0) is 19.5 Å². The molecule has 7 heteroatoms. The van der Waals surface area contributed by atoms with Crippen LogP contribution in [0.1, 0.15) is 44.3 Å². The summed E-state index contributed by atoms with van der Waals surface area (Å²) in [5, 5.41) is 15.2. The van der Waals surface area contributed by atoms with Gasteiger partial charge in [-0.25, -0.2) is 4.98 Å². The Morgan fingerprint density at radius 3 is 2.79 bits per heavy atom. The molecule has 2 rings (SSSR count). The van der Waals surface area contributed by atoms with Gasteiger partial charge in [-0.15, -0.1) is 10.2 Å². The monoisotopic (exact) mass is 263 g/mol. The smallest absolute Gasteiger partial charge is 0.150 e. The molecule has 2 heterocycles. The van der Waals surface area contributed by atoms with Gasteiger partial charge in [-0.05, 0) is 20.9 Å². The summed E-state index contributed by atoms with van der Waals surface area (Å²) in [5.74, 6) is 2.71. The molecular weight excluding hydrogens is 242 g/mol. The molecule has 0 unspecified atom stereocenters. The van der Waals surface area contributed by atoms with Crippen molar-refractivity contribution in [3.8, 4) is 0 Å². The summed E-state index contributed by atoms with van der Waals surface area (Å²) < 4.78 is 2.08. The Labute approximate surface area is 113 Å². The highest BCUT2D eigenvalue weighted by Crippen LogP contribution is 2.09. The van der Waals surface area contributed by atoms with Gasteiger partial charge in [-0.1, -0.05) is 6.92 Å². The molecule has 1 N–H and O–H groups in total. The van der Waals surface area contributed by atoms with E-state index in [2.05, 4.69) is 48.7 Å². The Kier molecular flexibility index (Phi) is 4.26. The summed E-state index contributed by atoms with van der Waals surface area (Å²) in [5.41, 5.74) is 0. The van der Waals surface area contributed by atoms with Crippen molar-refractivity contribution >= 4 is 0 Å². The van der Waals surface area contributed by atoms with E-state index < -0.39 is 0 Å². The maximum absolute atomic E-state index is 4.40. The number of aromatic amines is 1. The van der Waals surface area contributed by atoms with Crippen LogP contribution in [0, 0.1) is 0 Å². The molecule has 0 bridgehead atoms. The van der Waals surface area contributed by atoms with Crippen LogP contribution in [0.15, 0.2) is 6.33 Å². The van der Waals surface area contributed by atoms with Crippen molar-refractivity contribution in [3.63, 3.8) is 0 Å².